The quantitative estimate of drug-likeness (QED) is 0.552. The first kappa shape index (κ1) is 5.69. The Bertz CT molecular complexity index is 118. The highest BCUT2D eigenvalue weighted by molar-refractivity contribution is 5.04. The van der Waals surface area contributed by atoms with Crippen LogP contribution < -0.4 is 5.73 Å². The summed E-state index contributed by atoms with van der Waals surface area (Å²) in [5, 5.41) is 0. The molecule has 0 amide bonds. The van der Waals surface area contributed by atoms with Crippen LogP contribution in [0.5, 0.6) is 0 Å². The van der Waals surface area contributed by atoms with Crippen molar-refractivity contribution in [1.82, 2.24) is 0 Å². The van der Waals surface area contributed by atoms with Gasteiger partial charge < -0.3 is 10.5 Å². The molecule has 0 aromatic heterocycles. The van der Waals surface area contributed by atoms with Crippen LogP contribution in [-0.2, 0) is 4.74 Å². The van der Waals surface area contributed by atoms with E-state index in [1.807, 2.05) is 0 Å². The minimum Gasteiger partial charge on any atom is -0.381 e. The van der Waals surface area contributed by atoms with Gasteiger partial charge in [0.1, 0.15) is 0 Å². The van der Waals surface area contributed by atoms with Gasteiger partial charge in [0.25, 0.3) is 0 Å². The van der Waals surface area contributed by atoms with Crippen molar-refractivity contribution >= 4 is 0 Å². The molecule has 52 valence electrons. The second-order valence-electron chi connectivity index (χ2n) is 3.30. The molecule has 1 saturated heterocycles. The van der Waals surface area contributed by atoms with Gasteiger partial charge >= 0.3 is 0 Å². The topological polar surface area (TPSA) is 35.2 Å². The Labute approximate surface area is 55.4 Å². The summed E-state index contributed by atoms with van der Waals surface area (Å²) in [6, 6.07) is 0. The van der Waals surface area contributed by atoms with Crippen LogP contribution in [0.25, 0.3) is 0 Å². The van der Waals surface area contributed by atoms with Crippen LogP contribution in [0, 0.1) is 11.3 Å². The van der Waals surface area contributed by atoms with Gasteiger partial charge in [-0.15, -0.1) is 0 Å². The Morgan fingerprint density at radius 1 is 1.67 bits per heavy atom. The summed E-state index contributed by atoms with van der Waals surface area (Å²) in [4.78, 5) is 0. The third-order valence-electron chi connectivity index (χ3n) is 2.78. The molecular formula is C7H13NO. The van der Waals surface area contributed by atoms with E-state index in [1.165, 1.54) is 12.8 Å². The van der Waals surface area contributed by atoms with Crippen molar-refractivity contribution in [3.8, 4) is 0 Å². The fourth-order valence-electron chi connectivity index (χ4n) is 1.87. The summed E-state index contributed by atoms with van der Waals surface area (Å²) < 4.78 is 5.30. The van der Waals surface area contributed by atoms with Crippen LogP contribution in [0.3, 0.4) is 0 Å². The Hall–Kier alpha value is -0.0800. The van der Waals surface area contributed by atoms with Crippen molar-refractivity contribution in [3.05, 3.63) is 0 Å². The molecule has 0 aromatic rings. The fraction of sp³-hybridized carbons (Fsp3) is 1.00. The molecular weight excluding hydrogens is 114 g/mol. The van der Waals surface area contributed by atoms with E-state index in [0.29, 0.717) is 5.41 Å². The van der Waals surface area contributed by atoms with Gasteiger partial charge in [-0.1, -0.05) is 0 Å². The monoisotopic (exact) mass is 127 g/mol. The summed E-state index contributed by atoms with van der Waals surface area (Å²) in [5.74, 6) is 0.792. The highest BCUT2D eigenvalue weighted by atomic mass is 16.5. The number of hydrogen-bond donors (Lipinski definition) is 1. The van der Waals surface area contributed by atoms with Crippen LogP contribution in [0.4, 0.5) is 0 Å². The third kappa shape index (κ3) is 0.700. The lowest BCUT2D eigenvalue weighted by atomic mass is 10.0. The number of nitrogens with two attached hydrogens (primary N) is 1. The Balaban J connectivity index is 1.97. The van der Waals surface area contributed by atoms with Crippen LogP contribution >= 0.6 is 0 Å². The first-order valence-electron chi connectivity index (χ1n) is 3.65. The molecule has 2 aliphatic rings. The lowest BCUT2D eigenvalue weighted by molar-refractivity contribution is 0.179. The van der Waals surface area contributed by atoms with Gasteiger partial charge in [-0.2, -0.15) is 0 Å². The molecule has 1 aliphatic heterocycles. The van der Waals surface area contributed by atoms with Crippen LogP contribution in [0.15, 0.2) is 0 Å². The first-order chi connectivity index (χ1) is 4.37. The van der Waals surface area contributed by atoms with Gasteiger partial charge in [-0.25, -0.2) is 0 Å². The zero-order valence-electron chi connectivity index (χ0n) is 5.60. The van der Waals surface area contributed by atoms with Crippen LogP contribution in [-0.4, -0.2) is 19.8 Å². The van der Waals surface area contributed by atoms with Crippen molar-refractivity contribution in [2.45, 2.75) is 12.8 Å². The summed E-state index contributed by atoms with van der Waals surface area (Å²) in [6.45, 7) is 2.81. The Kier molecular flexibility index (Phi) is 1.08. The van der Waals surface area contributed by atoms with Crippen LogP contribution in [0.1, 0.15) is 12.8 Å². The number of ether oxygens (including phenoxy) is 1. The molecule has 2 nitrogen and oxygen atoms in total. The Morgan fingerprint density at radius 2 is 2.56 bits per heavy atom. The predicted molar refractivity (Wildman–Crippen MR) is 35.0 cm³/mol. The smallest absolute Gasteiger partial charge is 0.0526 e. The molecule has 0 unspecified atom stereocenters. The van der Waals surface area contributed by atoms with E-state index in [9.17, 15) is 0 Å². The summed E-state index contributed by atoms with van der Waals surface area (Å²) >= 11 is 0. The molecule has 1 aliphatic carbocycles. The molecule has 9 heavy (non-hydrogen) atoms. The number of hydrogen-bond acceptors (Lipinski definition) is 2. The lowest BCUT2D eigenvalue weighted by Crippen LogP contribution is -2.10. The molecule has 1 spiro atoms. The van der Waals surface area contributed by atoms with Gasteiger partial charge in [-0.3, -0.25) is 0 Å². The maximum absolute atomic E-state index is 5.53. The second-order valence-corrected chi connectivity index (χ2v) is 3.30. The van der Waals surface area contributed by atoms with Crippen molar-refractivity contribution < 1.29 is 4.74 Å². The van der Waals surface area contributed by atoms with Gasteiger partial charge in [0.2, 0.25) is 0 Å². The van der Waals surface area contributed by atoms with E-state index in [2.05, 4.69) is 0 Å². The van der Waals surface area contributed by atoms with E-state index in [4.69, 9.17) is 10.5 Å². The molecule has 2 atom stereocenters. The third-order valence-corrected chi connectivity index (χ3v) is 2.78. The van der Waals surface area contributed by atoms with Gasteiger partial charge in [0.15, 0.2) is 0 Å². The molecule has 1 saturated carbocycles. The zero-order valence-corrected chi connectivity index (χ0v) is 5.60. The van der Waals surface area contributed by atoms with Crippen molar-refractivity contribution in [1.29, 1.82) is 0 Å². The molecule has 2 rings (SSSR count). The van der Waals surface area contributed by atoms with E-state index in [0.717, 1.165) is 25.7 Å². The molecule has 2 N–H and O–H groups in total. The highest BCUT2D eigenvalue weighted by Gasteiger charge is 2.54. The maximum Gasteiger partial charge on any atom is 0.0526 e. The normalized spacial score (nSPS) is 48.3. The highest BCUT2D eigenvalue weighted by Crippen LogP contribution is 2.57. The first-order valence-corrected chi connectivity index (χ1v) is 3.65. The predicted octanol–water partition coefficient (Wildman–Crippen LogP) is 0.372. The standard InChI is InChI=1S/C7H13NO/c8-4-6-3-7(6)1-2-9-5-7/h6H,1-5,8H2/t6-,7+/m0/s1. The fourth-order valence-corrected chi connectivity index (χ4v) is 1.87. The van der Waals surface area contributed by atoms with Gasteiger partial charge in [0.05, 0.1) is 6.61 Å². The molecule has 2 heteroatoms. The molecule has 0 aromatic carbocycles. The SMILES string of the molecule is NC[C@@H]1C[C@@]12CCOC2. The largest absolute Gasteiger partial charge is 0.381 e. The summed E-state index contributed by atoms with van der Waals surface area (Å²) in [5.41, 5.74) is 6.10. The van der Waals surface area contributed by atoms with Crippen molar-refractivity contribution in [2.24, 2.45) is 17.1 Å². The second kappa shape index (κ2) is 1.70. The lowest BCUT2D eigenvalue weighted by Gasteiger charge is -2.01. The van der Waals surface area contributed by atoms with E-state index in [-0.39, 0.29) is 0 Å². The summed E-state index contributed by atoms with van der Waals surface area (Å²) in [6.07, 6.45) is 2.58. The van der Waals surface area contributed by atoms with E-state index >= 15 is 0 Å². The van der Waals surface area contributed by atoms with Gasteiger partial charge in [-0.05, 0) is 25.3 Å². The van der Waals surface area contributed by atoms with E-state index < -0.39 is 0 Å². The summed E-state index contributed by atoms with van der Waals surface area (Å²) in [7, 11) is 0. The van der Waals surface area contributed by atoms with Gasteiger partial charge in [0, 0.05) is 12.0 Å². The molecule has 1 heterocycles. The minimum absolute atomic E-state index is 0.564. The average Bonchev–Trinajstić information content (AvgIpc) is 2.30. The zero-order chi connectivity index (χ0) is 6.32. The van der Waals surface area contributed by atoms with E-state index in [1.54, 1.807) is 0 Å². The molecule has 2 fully saturated rings. The Morgan fingerprint density at radius 3 is 3.00 bits per heavy atom. The van der Waals surface area contributed by atoms with Crippen molar-refractivity contribution in [3.63, 3.8) is 0 Å². The number of rotatable bonds is 1. The molecule has 0 bridgehead atoms. The van der Waals surface area contributed by atoms with Crippen molar-refractivity contribution in [2.75, 3.05) is 19.8 Å². The minimum atomic E-state index is 0.564. The average molecular weight is 127 g/mol. The maximum atomic E-state index is 5.53. The van der Waals surface area contributed by atoms with Crippen LogP contribution in [0.2, 0.25) is 0 Å². The molecule has 0 radical (unpaired) electrons.